The Bertz CT molecular complexity index is 457. The summed E-state index contributed by atoms with van der Waals surface area (Å²) in [6.07, 6.45) is 3.69. The van der Waals surface area contributed by atoms with E-state index >= 15 is 0 Å². The maximum absolute atomic E-state index is 12.0. The third-order valence-electron chi connectivity index (χ3n) is 4.73. The Hall–Kier alpha value is -0.210. The lowest BCUT2D eigenvalue weighted by Crippen LogP contribution is -2.52. The van der Waals surface area contributed by atoms with Crippen molar-refractivity contribution in [1.29, 1.82) is 0 Å². The smallest absolute Gasteiger partial charge is 0.213 e. The van der Waals surface area contributed by atoms with Crippen LogP contribution < -0.4 is 0 Å². The van der Waals surface area contributed by atoms with Crippen molar-refractivity contribution in [3.8, 4) is 0 Å². The molecule has 136 valence electrons. The van der Waals surface area contributed by atoms with Crippen LogP contribution in [-0.2, 0) is 24.2 Å². The Morgan fingerprint density at radius 1 is 1.26 bits per heavy atom. The summed E-state index contributed by atoms with van der Waals surface area (Å²) in [5.74, 6) is 0.169. The van der Waals surface area contributed by atoms with Gasteiger partial charge in [0, 0.05) is 26.1 Å². The second-order valence-corrected chi connectivity index (χ2v) is 8.99. The number of sulfonamides is 1. The SMILES string of the molecule is CCS(=O)(=O)N1CCC2(CC1)CC(OCCOC(C)C)CCO2. The average molecular weight is 349 g/mol. The minimum Gasteiger partial charge on any atom is -0.376 e. The molecular formula is C16H31NO5S. The molecule has 1 unspecified atom stereocenters. The molecule has 2 fully saturated rings. The van der Waals surface area contributed by atoms with Gasteiger partial charge < -0.3 is 14.2 Å². The van der Waals surface area contributed by atoms with Gasteiger partial charge in [-0.25, -0.2) is 12.7 Å². The normalized spacial score (nSPS) is 26.0. The van der Waals surface area contributed by atoms with Gasteiger partial charge in [0.1, 0.15) is 0 Å². The molecule has 2 aliphatic rings. The van der Waals surface area contributed by atoms with Crippen molar-refractivity contribution >= 4 is 10.0 Å². The van der Waals surface area contributed by atoms with Crippen molar-refractivity contribution in [3.05, 3.63) is 0 Å². The van der Waals surface area contributed by atoms with Crippen molar-refractivity contribution in [2.24, 2.45) is 0 Å². The largest absolute Gasteiger partial charge is 0.376 e. The van der Waals surface area contributed by atoms with E-state index in [1.54, 1.807) is 11.2 Å². The summed E-state index contributed by atoms with van der Waals surface area (Å²) in [6.45, 7) is 8.75. The van der Waals surface area contributed by atoms with Crippen LogP contribution in [0.4, 0.5) is 0 Å². The van der Waals surface area contributed by atoms with E-state index in [1.807, 2.05) is 13.8 Å². The van der Waals surface area contributed by atoms with Crippen LogP contribution in [0.15, 0.2) is 0 Å². The zero-order valence-electron chi connectivity index (χ0n) is 14.6. The molecule has 23 heavy (non-hydrogen) atoms. The second kappa shape index (κ2) is 8.25. The molecule has 2 saturated heterocycles. The monoisotopic (exact) mass is 349 g/mol. The number of hydrogen-bond acceptors (Lipinski definition) is 5. The number of nitrogens with zero attached hydrogens (tertiary/aromatic N) is 1. The Balaban J connectivity index is 1.80. The molecule has 0 aliphatic carbocycles. The van der Waals surface area contributed by atoms with E-state index in [4.69, 9.17) is 14.2 Å². The molecule has 0 aromatic carbocycles. The Kier molecular flexibility index (Phi) is 6.86. The van der Waals surface area contributed by atoms with Gasteiger partial charge in [0.05, 0.1) is 36.8 Å². The van der Waals surface area contributed by atoms with Crippen molar-refractivity contribution in [2.75, 3.05) is 38.7 Å². The second-order valence-electron chi connectivity index (χ2n) is 6.74. The molecule has 1 spiro atoms. The van der Waals surface area contributed by atoms with Gasteiger partial charge in [-0.3, -0.25) is 0 Å². The minimum absolute atomic E-state index is 0.169. The molecule has 7 heteroatoms. The number of rotatable bonds is 7. The zero-order valence-corrected chi connectivity index (χ0v) is 15.4. The van der Waals surface area contributed by atoms with Crippen LogP contribution in [0.3, 0.4) is 0 Å². The third kappa shape index (κ3) is 5.39. The first-order valence-electron chi connectivity index (χ1n) is 8.72. The summed E-state index contributed by atoms with van der Waals surface area (Å²) in [6, 6.07) is 0. The first-order valence-corrected chi connectivity index (χ1v) is 10.3. The topological polar surface area (TPSA) is 65.1 Å². The van der Waals surface area contributed by atoms with Crippen LogP contribution in [0, 0.1) is 0 Å². The van der Waals surface area contributed by atoms with Gasteiger partial charge in [-0.1, -0.05) is 0 Å². The van der Waals surface area contributed by atoms with Crippen molar-refractivity contribution in [2.45, 2.75) is 64.3 Å². The van der Waals surface area contributed by atoms with Crippen molar-refractivity contribution in [1.82, 2.24) is 4.31 Å². The van der Waals surface area contributed by atoms with Gasteiger partial charge in [0.15, 0.2) is 0 Å². The molecule has 0 N–H and O–H groups in total. The summed E-state index contributed by atoms with van der Waals surface area (Å²) in [5.41, 5.74) is -0.207. The fourth-order valence-electron chi connectivity index (χ4n) is 3.33. The van der Waals surface area contributed by atoms with Gasteiger partial charge in [-0.05, 0) is 40.0 Å². The van der Waals surface area contributed by atoms with E-state index < -0.39 is 10.0 Å². The molecule has 1 atom stereocenters. The molecule has 2 aliphatic heterocycles. The van der Waals surface area contributed by atoms with Crippen LogP contribution in [-0.4, -0.2) is 69.2 Å². The number of hydrogen-bond donors (Lipinski definition) is 0. The van der Waals surface area contributed by atoms with Crippen LogP contribution in [0.2, 0.25) is 0 Å². The van der Waals surface area contributed by atoms with Gasteiger partial charge in [0.2, 0.25) is 10.0 Å². The maximum atomic E-state index is 12.0. The lowest BCUT2D eigenvalue weighted by molar-refractivity contribution is -0.154. The first-order chi connectivity index (χ1) is 10.9. The lowest BCUT2D eigenvalue weighted by Gasteiger charge is -2.45. The number of ether oxygens (including phenoxy) is 3. The van der Waals surface area contributed by atoms with Crippen LogP contribution in [0.25, 0.3) is 0 Å². The quantitative estimate of drug-likeness (QED) is 0.656. The minimum atomic E-state index is -3.09. The first kappa shape index (κ1) is 19.1. The van der Waals surface area contributed by atoms with Gasteiger partial charge in [-0.2, -0.15) is 0 Å². The van der Waals surface area contributed by atoms with Crippen LogP contribution in [0.5, 0.6) is 0 Å². The molecule has 0 saturated carbocycles. The maximum Gasteiger partial charge on any atom is 0.213 e. The highest BCUT2D eigenvalue weighted by Gasteiger charge is 2.42. The molecule has 6 nitrogen and oxygen atoms in total. The highest BCUT2D eigenvalue weighted by Crippen LogP contribution is 2.36. The van der Waals surface area contributed by atoms with Crippen LogP contribution in [0.1, 0.15) is 46.5 Å². The molecule has 0 aromatic rings. The Labute approximate surface area is 140 Å². The third-order valence-corrected chi connectivity index (χ3v) is 6.61. The van der Waals surface area contributed by atoms with Crippen molar-refractivity contribution in [3.63, 3.8) is 0 Å². The average Bonchev–Trinajstić information content (AvgIpc) is 2.52. The summed E-state index contributed by atoms with van der Waals surface area (Å²) in [7, 11) is -3.09. The van der Waals surface area contributed by atoms with E-state index in [0.29, 0.717) is 32.9 Å². The van der Waals surface area contributed by atoms with Gasteiger partial charge >= 0.3 is 0 Å². The fraction of sp³-hybridized carbons (Fsp3) is 1.00. The van der Waals surface area contributed by atoms with E-state index in [2.05, 4.69) is 0 Å². The van der Waals surface area contributed by atoms with Gasteiger partial charge in [0.25, 0.3) is 0 Å². The van der Waals surface area contributed by atoms with Crippen LogP contribution >= 0.6 is 0 Å². The summed E-state index contributed by atoms with van der Waals surface area (Å²) in [4.78, 5) is 0. The summed E-state index contributed by atoms with van der Waals surface area (Å²) in [5, 5.41) is 0. The van der Waals surface area contributed by atoms with E-state index in [1.165, 1.54) is 0 Å². The fourth-order valence-corrected chi connectivity index (χ4v) is 4.43. The highest BCUT2D eigenvalue weighted by molar-refractivity contribution is 7.89. The van der Waals surface area contributed by atoms with Crippen molar-refractivity contribution < 1.29 is 22.6 Å². The predicted molar refractivity (Wildman–Crippen MR) is 89.0 cm³/mol. The van der Waals surface area contributed by atoms with E-state index in [-0.39, 0.29) is 23.6 Å². The van der Waals surface area contributed by atoms with Gasteiger partial charge in [-0.15, -0.1) is 0 Å². The highest BCUT2D eigenvalue weighted by atomic mass is 32.2. The molecule has 0 amide bonds. The molecule has 2 rings (SSSR count). The Morgan fingerprint density at radius 3 is 2.57 bits per heavy atom. The zero-order chi connectivity index (χ0) is 16.9. The standard InChI is InChI=1S/C16H31NO5S/c1-4-23(18,19)17-8-6-16(7-9-17)13-15(5-10-22-16)21-12-11-20-14(2)3/h14-15H,4-13H2,1-3H3. The lowest BCUT2D eigenvalue weighted by atomic mass is 9.84. The molecule has 0 radical (unpaired) electrons. The molecular weight excluding hydrogens is 318 g/mol. The molecule has 2 heterocycles. The molecule has 0 bridgehead atoms. The number of piperidine rings is 1. The van der Waals surface area contributed by atoms with E-state index in [9.17, 15) is 8.42 Å². The summed E-state index contributed by atoms with van der Waals surface area (Å²) < 4.78 is 43.0. The predicted octanol–water partition coefficient (Wildman–Crippen LogP) is 1.79. The Morgan fingerprint density at radius 2 is 1.96 bits per heavy atom. The summed E-state index contributed by atoms with van der Waals surface area (Å²) >= 11 is 0. The molecule has 0 aromatic heterocycles. The van der Waals surface area contributed by atoms with E-state index in [0.717, 1.165) is 25.7 Å².